The smallest absolute Gasteiger partial charge is 0.127 e. The van der Waals surface area contributed by atoms with Gasteiger partial charge in [0, 0.05) is 23.0 Å². The van der Waals surface area contributed by atoms with Crippen LogP contribution >= 0.6 is 0 Å². The van der Waals surface area contributed by atoms with Gasteiger partial charge in [0.15, 0.2) is 0 Å². The Morgan fingerprint density at radius 3 is 1.81 bits per heavy atom. The van der Waals surface area contributed by atoms with Gasteiger partial charge >= 0.3 is 0 Å². The van der Waals surface area contributed by atoms with Crippen LogP contribution in [0.2, 0.25) is 0 Å². The maximum atomic E-state index is 12.0. The van der Waals surface area contributed by atoms with Crippen LogP contribution in [-0.2, 0) is 0 Å². The third-order valence-electron chi connectivity index (χ3n) is 8.35. The van der Waals surface area contributed by atoms with E-state index in [1.54, 1.807) is 0 Å². The largest absolute Gasteiger partial charge is 0.507 e. The molecule has 2 nitrogen and oxygen atoms in total. The van der Waals surface area contributed by atoms with Gasteiger partial charge in [-0.05, 0) is 89.3 Å². The molecule has 0 radical (unpaired) electrons. The fourth-order valence-corrected chi connectivity index (χ4v) is 6.20. The zero-order valence-electron chi connectivity index (χ0n) is 23.1. The first-order valence-electron chi connectivity index (χ1n) is 13.6. The first kappa shape index (κ1) is 26.8. The Morgan fingerprint density at radius 1 is 0.784 bits per heavy atom. The lowest BCUT2D eigenvalue weighted by Crippen LogP contribution is -2.20. The first-order chi connectivity index (χ1) is 17.6. The maximum absolute atomic E-state index is 12.0. The third-order valence-corrected chi connectivity index (χ3v) is 8.35. The molecule has 194 valence electrons. The highest BCUT2D eigenvalue weighted by molar-refractivity contribution is 5.76. The fraction of sp³-hybridized carbons (Fsp3) is 0.371. The molecule has 4 rings (SSSR count). The van der Waals surface area contributed by atoms with Crippen LogP contribution in [0.15, 0.2) is 77.9 Å². The molecule has 0 saturated heterocycles. The summed E-state index contributed by atoms with van der Waals surface area (Å²) in [7, 11) is 0. The van der Waals surface area contributed by atoms with Crippen LogP contribution in [-0.4, -0.2) is 10.2 Å². The van der Waals surface area contributed by atoms with Crippen LogP contribution in [0.25, 0.3) is 12.2 Å². The van der Waals surface area contributed by atoms with Crippen molar-refractivity contribution in [1.82, 2.24) is 0 Å². The van der Waals surface area contributed by atoms with Crippen LogP contribution in [0.3, 0.4) is 0 Å². The number of phenolic OH excluding ortho intramolecular Hbond substituents is 2. The Bertz CT molecular complexity index is 1290. The summed E-state index contributed by atoms with van der Waals surface area (Å²) >= 11 is 0. The molecule has 37 heavy (non-hydrogen) atoms. The topological polar surface area (TPSA) is 40.5 Å². The average molecular weight is 495 g/mol. The normalized spacial score (nSPS) is 24.0. The van der Waals surface area contributed by atoms with Gasteiger partial charge in [-0.15, -0.1) is 0 Å². The number of hydrogen-bond donors (Lipinski definition) is 2. The summed E-state index contributed by atoms with van der Waals surface area (Å²) < 4.78 is 0. The number of rotatable bonds is 6. The van der Waals surface area contributed by atoms with Crippen molar-refractivity contribution in [3.63, 3.8) is 0 Å². The molecular formula is C35H42O2. The van der Waals surface area contributed by atoms with Crippen LogP contribution < -0.4 is 0 Å². The molecule has 0 heterocycles. The Morgan fingerprint density at radius 2 is 1.30 bits per heavy atom. The summed E-state index contributed by atoms with van der Waals surface area (Å²) in [6.45, 7) is 19.1. The molecule has 2 N–H and O–H groups in total. The number of allylic oxidation sites excluding steroid dienone is 6. The van der Waals surface area contributed by atoms with Gasteiger partial charge in [-0.25, -0.2) is 0 Å². The number of benzene rings is 2. The Hall–Kier alpha value is -3.26. The van der Waals surface area contributed by atoms with Crippen molar-refractivity contribution >= 4 is 12.2 Å². The van der Waals surface area contributed by atoms with Crippen LogP contribution in [0.5, 0.6) is 11.5 Å². The average Bonchev–Trinajstić information content (AvgIpc) is 2.83. The Balaban J connectivity index is 1.94. The van der Waals surface area contributed by atoms with Crippen molar-refractivity contribution in [3.05, 3.63) is 106 Å². The van der Waals surface area contributed by atoms with Crippen molar-refractivity contribution < 1.29 is 10.2 Å². The van der Waals surface area contributed by atoms with E-state index in [1.807, 2.05) is 12.1 Å². The molecule has 0 aromatic heterocycles. The van der Waals surface area contributed by atoms with E-state index in [1.165, 1.54) is 16.7 Å². The van der Waals surface area contributed by atoms with Crippen molar-refractivity contribution in [2.75, 3.05) is 0 Å². The molecule has 0 amide bonds. The second kappa shape index (κ2) is 11.0. The van der Waals surface area contributed by atoms with E-state index in [-0.39, 0.29) is 35.2 Å². The second-order valence-electron chi connectivity index (χ2n) is 11.5. The molecule has 0 spiro atoms. The molecule has 0 fully saturated rings. The molecule has 0 saturated carbocycles. The van der Waals surface area contributed by atoms with Crippen LogP contribution in [0.4, 0.5) is 0 Å². The number of hydrogen-bond acceptors (Lipinski definition) is 2. The van der Waals surface area contributed by atoms with Gasteiger partial charge in [0.1, 0.15) is 11.5 Å². The molecule has 2 heteroatoms. The van der Waals surface area contributed by atoms with E-state index in [0.29, 0.717) is 5.56 Å². The predicted molar refractivity (Wildman–Crippen MR) is 158 cm³/mol. The summed E-state index contributed by atoms with van der Waals surface area (Å²) in [5.74, 6) is 0.683. The van der Waals surface area contributed by atoms with E-state index in [2.05, 4.69) is 90.3 Å². The lowest BCUT2D eigenvalue weighted by molar-refractivity contribution is 0.394. The highest BCUT2D eigenvalue weighted by Crippen LogP contribution is 2.52. The van der Waals surface area contributed by atoms with Gasteiger partial charge in [-0.1, -0.05) is 89.6 Å². The molecule has 0 aliphatic heterocycles. The van der Waals surface area contributed by atoms with Gasteiger partial charge in [0.2, 0.25) is 0 Å². The molecule has 2 aromatic rings. The van der Waals surface area contributed by atoms with Gasteiger partial charge < -0.3 is 10.2 Å². The van der Waals surface area contributed by atoms with Crippen molar-refractivity contribution in [2.24, 2.45) is 11.8 Å². The highest BCUT2D eigenvalue weighted by Gasteiger charge is 2.35. The minimum atomic E-state index is -0.0999. The Kier molecular flexibility index (Phi) is 7.97. The SMILES string of the molecule is C=C(C)C1CCC(C)=CC1c1c(O)cc(/C=C/c2ccc(C)cc2)c(C2C=C(C)CCC2C(=C)C)c1O. The van der Waals surface area contributed by atoms with E-state index in [0.717, 1.165) is 53.5 Å². The lowest BCUT2D eigenvalue weighted by Gasteiger charge is -2.35. The Labute approximate surface area is 223 Å². The zero-order chi connectivity index (χ0) is 26.9. The van der Waals surface area contributed by atoms with Crippen LogP contribution in [0, 0.1) is 18.8 Å². The summed E-state index contributed by atoms with van der Waals surface area (Å²) in [4.78, 5) is 0. The van der Waals surface area contributed by atoms with Crippen molar-refractivity contribution in [2.45, 2.75) is 72.1 Å². The molecule has 2 aromatic carbocycles. The van der Waals surface area contributed by atoms with Crippen molar-refractivity contribution in [3.8, 4) is 11.5 Å². The van der Waals surface area contributed by atoms with Gasteiger partial charge in [0.25, 0.3) is 0 Å². The number of phenols is 2. The minimum Gasteiger partial charge on any atom is -0.507 e. The predicted octanol–water partition coefficient (Wildman–Crippen LogP) is 9.61. The van der Waals surface area contributed by atoms with Crippen LogP contribution in [0.1, 0.15) is 93.0 Å². The monoisotopic (exact) mass is 494 g/mol. The zero-order valence-corrected chi connectivity index (χ0v) is 23.1. The lowest BCUT2D eigenvalue weighted by atomic mass is 9.70. The quantitative estimate of drug-likeness (QED) is 0.310. The summed E-state index contributed by atoms with van der Waals surface area (Å²) in [6, 6.07) is 10.2. The van der Waals surface area contributed by atoms with Gasteiger partial charge in [0.05, 0.1) is 0 Å². The maximum Gasteiger partial charge on any atom is 0.127 e. The van der Waals surface area contributed by atoms with E-state index >= 15 is 0 Å². The molecular weight excluding hydrogens is 452 g/mol. The molecule has 0 bridgehead atoms. The molecule has 4 atom stereocenters. The van der Waals surface area contributed by atoms with E-state index < -0.39 is 0 Å². The summed E-state index contributed by atoms with van der Waals surface area (Å²) in [5, 5.41) is 23.5. The summed E-state index contributed by atoms with van der Waals surface area (Å²) in [5.41, 5.74) is 9.51. The first-order valence-corrected chi connectivity index (χ1v) is 13.6. The highest BCUT2D eigenvalue weighted by atomic mass is 16.3. The number of aryl methyl sites for hydroxylation is 1. The van der Waals surface area contributed by atoms with E-state index in [9.17, 15) is 10.2 Å². The third kappa shape index (κ3) is 5.69. The summed E-state index contributed by atoms with van der Waals surface area (Å²) in [6.07, 6.45) is 12.7. The molecule has 2 aliphatic carbocycles. The number of aromatic hydroxyl groups is 2. The van der Waals surface area contributed by atoms with Crippen molar-refractivity contribution in [1.29, 1.82) is 0 Å². The standard InChI is InChI=1S/C35H42O2/c1-21(2)28-16-10-24(6)18-30(28)33-27(15-14-26-12-8-23(5)9-13-26)20-32(36)34(35(33)37)31-19-25(7)11-17-29(31)22(3)4/h8-9,12-15,18-20,28-31,36-37H,1,3,10-11,16-17H2,2,4-7H3/b15-14+. The molecule has 2 aliphatic rings. The van der Waals surface area contributed by atoms with Gasteiger partial charge in [-0.2, -0.15) is 0 Å². The van der Waals surface area contributed by atoms with E-state index in [4.69, 9.17) is 0 Å². The van der Waals surface area contributed by atoms with Gasteiger partial charge in [-0.3, -0.25) is 0 Å². The molecule has 4 unspecified atom stereocenters. The minimum absolute atomic E-state index is 0.000197. The fourth-order valence-electron chi connectivity index (χ4n) is 6.20. The second-order valence-corrected chi connectivity index (χ2v) is 11.5.